The zero-order valence-electron chi connectivity index (χ0n) is 12.2. The molecule has 0 aliphatic carbocycles. The maximum atomic E-state index is 12.8. The third kappa shape index (κ3) is 3.25. The average Bonchev–Trinajstić information content (AvgIpc) is 2.49. The Labute approximate surface area is 125 Å². The summed E-state index contributed by atoms with van der Waals surface area (Å²) in [5.74, 6) is 0.703. The molecule has 5 heteroatoms. The van der Waals surface area contributed by atoms with Crippen LogP contribution in [-0.4, -0.2) is 22.1 Å². The fourth-order valence-corrected chi connectivity index (χ4v) is 3.88. The van der Waals surface area contributed by atoms with E-state index in [2.05, 4.69) is 5.73 Å². The van der Waals surface area contributed by atoms with Gasteiger partial charge in [-0.05, 0) is 36.8 Å². The highest BCUT2D eigenvalue weighted by Gasteiger charge is 2.29. The van der Waals surface area contributed by atoms with Crippen LogP contribution >= 0.6 is 0 Å². The second-order valence-corrected chi connectivity index (χ2v) is 7.04. The zero-order valence-corrected chi connectivity index (χ0v) is 13.1. The summed E-state index contributed by atoms with van der Waals surface area (Å²) in [4.78, 5) is 0.331. The molecule has 1 atom stereocenters. The number of benzene rings is 2. The molecule has 112 valence electrons. The minimum atomic E-state index is -3.44. The topological polar surface area (TPSA) is 71.0 Å². The summed E-state index contributed by atoms with van der Waals surface area (Å²) in [5.41, 5.74) is 5.56. The smallest absolute Gasteiger partial charge is 0.190 e. The molecule has 0 radical (unpaired) electrons. The molecule has 4 nitrogen and oxygen atoms in total. The van der Waals surface area contributed by atoms with Crippen LogP contribution in [-0.2, 0) is 9.84 Å². The van der Waals surface area contributed by atoms with Crippen molar-refractivity contribution < 1.29 is 18.9 Å². The van der Waals surface area contributed by atoms with E-state index in [0.29, 0.717) is 10.6 Å². The van der Waals surface area contributed by atoms with E-state index in [1.165, 1.54) is 0 Å². The molecule has 0 fully saturated rings. The standard InChI is InChI=1S/C16H19NO3S/c1-12-3-9-15(10-4-12)21(18,19)16(11-17)13-5-7-14(20-2)8-6-13/h3-10,16H,11,17H2,1-2H3/p+1/t16-/m0/s1. The molecule has 2 aromatic rings. The second-order valence-electron chi connectivity index (χ2n) is 4.91. The van der Waals surface area contributed by atoms with Gasteiger partial charge in [-0.2, -0.15) is 0 Å². The maximum Gasteiger partial charge on any atom is 0.190 e. The van der Waals surface area contributed by atoms with Crippen LogP contribution in [0.5, 0.6) is 5.75 Å². The quantitative estimate of drug-likeness (QED) is 0.915. The highest BCUT2D eigenvalue weighted by atomic mass is 32.2. The minimum Gasteiger partial charge on any atom is -0.497 e. The Balaban J connectivity index is 2.41. The van der Waals surface area contributed by atoms with Gasteiger partial charge in [0.05, 0.1) is 18.6 Å². The van der Waals surface area contributed by atoms with Crippen LogP contribution in [0.4, 0.5) is 0 Å². The first-order valence-electron chi connectivity index (χ1n) is 6.73. The summed E-state index contributed by atoms with van der Waals surface area (Å²) >= 11 is 0. The predicted octanol–water partition coefficient (Wildman–Crippen LogP) is 1.76. The van der Waals surface area contributed by atoms with E-state index in [0.717, 1.165) is 11.1 Å². The molecule has 0 saturated carbocycles. The SMILES string of the molecule is COc1ccc([C@H](C[NH3+])S(=O)(=O)c2ccc(C)cc2)cc1. The van der Waals surface area contributed by atoms with Gasteiger partial charge in [0.1, 0.15) is 11.0 Å². The van der Waals surface area contributed by atoms with Gasteiger partial charge < -0.3 is 10.5 Å². The van der Waals surface area contributed by atoms with Gasteiger partial charge in [-0.1, -0.05) is 29.8 Å². The molecule has 0 heterocycles. The number of aryl methyl sites for hydroxylation is 1. The first-order valence-corrected chi connectivity index (χ1v) is 8.27. The lowest BCUT2D eigenvalue weighted by atomic mass is 10.1. The third-order valence-corrected chi connectivity index (χ3v) is 5.66. The van der Waals surface area contributed by atoms with Crippen LogP contribution in [0, 0.1) is 6.92 Å². The van der Waals surface area contributed by atoms with Crippen molar-refractivity contribution in [3.05, 3.63) is 59.7 Å². The molecule has 0 unspecified atom stereocenters. The van der Waals surface area contributed by atoms with E-state index in [1.807, 2.05) is 6.92 Å². The van der Waals surface area contributed by atoms with Gasteiger partial charge in [-0.25, -0.2) is 8.42 Å². The number of quaternary nitrogens is 1. The minimum absolute atomic E-state index is 0.280. The van der Waals surface area contributed by atoms with Crippen LogP contribution in [0.3, 0.4) is 0 Å². The van der Waals surface area contributed by atoms with Crippen molar-refractivity contribution in [2.24, 2.45) is 0 Å². The van der Waals surface area contributed by atoms with Gasteiger partial charge in [-0.15, -0.1) is 0 Å². The van der Waals surface area contributed by atoms with Crippen molar-refractivity contribution >= 4 is 9.84 Å². The molecule has 0 saturated heterocycles. The molecule has 0 spiro atoms. The van der Waals surface area contributed by atoms with Gasteiger partial charge in [0.15, 0.2) is 9.84 Å². The summed E-state index contributed by atoms with van der Waals surface area (Å²) in [5, 5.41) is -0.647. The summed E-state index contributed by atoms with van der Waals surface area (Å²) in [6.07, 6.45) is 0. The van der Waals surface area contributed by atoms with Gasteiger partial charge in [0, 0.05) is 0 Å². The third-order valence-electron chi connectivity index (χ3n) is 3.47. The normalized spacial score (nSPS) is 12.9. The molecule has 0 amide bonds. The van der Waals surface area contributed by atoms with Gasteiger partial charge in [0.2, 0.25) is 0 Å². The first kappa shape index (κ1) is 15.5. The predicted molar refractivity (Wildman–Crippen MR) is 81.9 cm³/mol. The van der Waals surface area contributed by atoms with E-state index in [4.69, 9.17) is 4.74 Å². The molecule has 0 bridgehead atoms. The van der Waals surface area contributed by atoms with Crippen molar-refractivity contribution in [2.45, 2.75) is 17.1 Å². The summed E-state index contributed by atoms with van der Waals surface area (Å²) < 4.78 is 30.6. The number of hydrogen-bond donors (Lipinski definition) is 1. The van der Waals surface area contributed by atoms with Crippen LogP contribution in [0.25, 0.3) is 0 Å². The Kier molecular flexibility index (Phi) is 4.65. The van der Waals surface area contributed by atoms with Gasteiger partial charge in [0.25, 0.3) is 0 Å². The molecule has 3 N–H and O–H groups in total. The van der Waals surface area contributed by atoms with Crippen molar-refractivity contribution in [3.63, 3.8) is 0 Å². The lowest BCUT2D eigenvalue weighted by Crippen LogP contribution is -2.54. The molecular weight excluding hydrogens is 286 g/mol. The summed E-state index contributed by atoms with van der Waals surface area (Å²) in [6.45, 7) is 2.21. The Morgan fingerprint density at radius 2 is 1.62 bits per heavy atom. The highest BCUT2D eigenvalue weighted by Crippen LogP contribution is 2.29. The monoisotopic (exact) mass is 306 g/mol. The van der Waals surface area contributed by atoms with Gasteiger partial charge in [-0.3, -0.25) is 0 Å². The van der Waals surface area contributed by atoms with Gasteiger partial charge >= 0.3 is 0 Å². The molecular formula is C16H20NO3S+. The number of sulfone groups is 1. The first-order chi connectivity index (χ1) is 9.98. The molecule has 0 aliphatic heterocycles. The molecule has 2 aromatic carbocycles. The number of hydrogen-bond acceptors (Lipinski definition) is 3. The van der Waals surface area contributed by atoms with E-state index in [1.54, 1.807) is 55.6 Å². The number of methoxy groups -OCH3 is 1. The Morgan fingerprint density at radius 1 is 1.05 bits per heavy atom. The Morgan fingerprint density at radius 3 is 2.10 bits per heavy atom. The Bertz CT molecular complexity index is 691. The largest absolute Gasteiger partial charge is 0.497 e. The Hall–Kier alpha value is -1.85. The van der Waals surface area contributed by atoms with Crippen LogP contribution in [0.15, 0.2) is 53.4 Å². The maximum absolute atomic E-state index is 12.8. The van der Waals surface area contributed by atoms with Crippen molar-refractivity contribution in [2.75, 3.05) is 13.7 Å². The van der Waals surface area contributed by atoms with E-state index in [-0.39, 0.29) is 6.54 Å². The zero-order chi connectivity index (χ0) is 15.5. The van der Waals surface area contributed by atoms with Crippen LogP contribution < -0.4 is 10.5 Å². The summed E-state index contributed by atoms with van der Waals surface area (Å²) in [7, 11) is -1.86. The molecule has 21 heavy (non-hydrogen) atoms. The molecule has 0 aliphatic rings. The van der Waals surface area contributed by atoms with E-state index >= 15 is 0 Å². The van der Waals surface area contributed by atoms with Crippen LogP contribution in [0.2, 0.25) is 0 Å². The molecule has 2 rings (SSSR count). The fraction of sp³-hybridized carbons (Fsp3) is 0.250. The average molecular weight is 306 g/mol. The van der Waals surface area contributed by atoms with Crippen LogP contribution in [0.1, 0.15) is 16.4 Å². The van der Waals surface area contributed by atoms with Crippen molar-refractivity contribution in [3.8, 4) is 5.75 Å². The highest BCUT2D eigenvalue weighted by molar-refractivity contribution is 7.91. The van der Waals surface area contributed by atoms with Crippen molar-refractivity contribution in [1.29, 1.82) is 0 Å². The lowest BCUT2D eigenvalue weighted by Gasteiger charge is -2.15. The number of rotatable bonds is 5. The van der Waals surface area contributed by atoms with E-state index < -0.39 is 15.1 Å². The second kappa shape index (κ2) is 6.28. The lowest BCUT2D eigenvalue weighted by molar-refractivity contribution is -0.367. The fourth-order valence-electron chi connectivity index (χ4n) is 2.21. The van der Waals surface area contributed by atoms with Crippen molar-refractivity contribution in [1.82, 2.24) is 0 Å². The number of ether oxygens (including phenoxy) is 1. The van der Waals surface area contributed by atoms with E-state index in [9.17, 15) is 8.42 Å². The summed E-state index contributed by atoms with van der Waals surface area (Å²) in [6, 6.07) is 14.0. The molecule has 0 aromatic heterocycles.